The Morgan fingerprint density at radius 3 is 1.69 bits per heavy atom. The number of piperazine rings is 2. The molecule has 0 aliphatic carbocycles. The van der Waals surface area contributed by atoms with Gasteiger partial charge in [-0.1, -0.05) is 42.0 Å². The van der Waals surface area contributed by atoms with E-state index in [0.717, 1.165) is 101 Å². The zero-order chi connectivity index (χ0) is 51.5. The van der Waals surface area contributed by atoms with Crippen LogP contribution in [0.25, 0.3) is 33.2 Å². The highest BCUT2D eigenvalue weighted by molar-refractivity contribution is 7.90. The number of nitrogens with zero attached hydrogens (tertiary/aromatic N) is 9. The van der Waals surface area contributed by atoms with E-state index in [-0.39, 0.29) is 17.0 Å². The van der Waals surface area contributed by atoms with Crippen LogP contribution in [0.1, 0.15) is 94.5 Å². The van der Waals surface area contributed by atoms with Crippen molar-refractivity contribution in [2.45, 2.75) is 102 Å². The van der Waals surface area contributed by atoms with Gasteiger partial charge in [0.1, 0.15) is 41.6 Å². The molecule has 2 saturated heterocycles. The number of fused-ring (bicyclic) bond motifs is 2. The summed E-state index contributed by atoms with van der Waals surface area (Å²) in [6.45, 7) is 21.0. The maximum atomic E-state index is 13.9. The molecule has 0 radical (unpaired) electrons. The minimum Gasteiger partial charge on any atom is -0.377 e. The van der Waals surface area contributed by atoms with Crippen LogP contribution < -0.4 is 31.1 Å². The number of anilines is 4. The molecule has 74 heavy (non-hydrogen) atoms. The van der Waals surface area contributed by atoms with Crippen molar-refractivity contribution in [3.05, 3.63) is 126 Å². The fourth-order valence-corrected chi connectivity index (χ4v) is 11.9. The normalized spacial score (nSPS) is 21.3. The molecule has 5 N–H and O–H groups in total. The second-order valence-corrected chi connectivity index (χ2v) is 22.0. The Hall–Kier alpha value is -6.77. The second kappa shape index (κ2) is 22.0. The van der Waals surface area contributed by atoms with Gasteiger partial charge in [-0.05, 0) is 109 Å². The molecule has 11 rings (SSSR count). The minimum atomic E-state index is -3.91. The van der Waals surface area contributed by atoms with E-state index in [4.69, 9.17) is 19.4 Å². The van der Waals surface area contributed by atoms with Crippen molar-refractivity contribution >= 4 is 66.5 Å². The highest BCUT2D eigenvalue weighted by Crippen LogP contribution is 2.37. The van der Waals surface area contributed by atoms with Crippen LogP contribution in [-0.2, 0) is 19.5 Å². The summed E-state index contributed by atoms with van der Waals surface area (Å²) in [6.07, 6.45) is 12.4. The van der Waals surface area contributed by atoms with Crippen LogP contribution in [0.2, 0.25) is 0 Å². The molecule has 18 nitrogen and oxygen atoms in total. The van der Waals surface area contributed by atoms with E-state index in [1.807, 2.05) is 38.3 Å². The number of H-pyrrole nitrogens is 1. The third-order valence-electron chi connectivity index (χ3n) is 14.1. The Morgan fingerprint density at radius 1 is 0.649 bits per heavy atom. The number of aromatic nitrogens is 8. The van der Waals surface area contributed by atoms with Crippen LogP contribution in [0, 0.1) is 6.92 Å². The SMILES string of the molecule is C[C@@H]1CN(c2cccc([C@H](C)Nc3ncnc4[nH]cc(C5=CCOCC5)c34)n2)C[C@H](C)N1.Cc1ccc(S(=O)(=O)n2cc(C3=CCOCC3)c3c(N[C@@H](C)c4cccc(N5C[C@@H](C)N[C@@H](C)C5)n4)ncnc32)cc1. The van der Waals surface area contributed by atoms with E-state index in [9.17, 15) is 8.42 Å². The average Bonchev–Trinajstić information content (AvgIpc) is 4.04. The fraction of sp³-hybridized carbons (Fsp3) is 0.418. The maximum Gasteiger partial charge on any atom is 0.269 e. The van der Waals surface area contributed by atoms with Gasteiger partial charge in [-0.15, -0.1) is 0 Å². The number of benzene rings is 1. The molecule has 7 aromatic rings. The van der Waals surface area contributed by atoms with Crippen molar-refractivity contribution in [2.24, 2.45) is 0 Å². The summed E-state index contributed by atoms with van der Waals surface area (Å²) in [5.74, 6) is 3.35. The molecule has 388 valence electrons. The zero-order valence-electron chi connectivity index (χ0n) is 43.3. The van der Waals surface area contributed by atoms with Gasteiger partial charge in [0.2, 0.25) is 0 Å². The molecule has 0 unspecified atom stereocenters. The van der Waals surface area contributed by atoms with Gasteiger partial charge in [-0.2, -0.15) is 0 Å². The third-order valence-corrected chi connectivity index (χ3v) is 15.8. The predicted molar refractivity (Wildman–Crippen MR) is 293 cm³/mol. The molecule has 0 saturated carbocycles. The number of rotatable bonds is 12. The van der Waals surface area contributed by atoms with Crippen LogP contribution in [0.3, 0.4) is 0 Å². The van der Waals surface area contributed by atoms with E-state index in [1.165, 1.54) is 15.9 Å². The molecular weight excluding hydrogens is 953 g/mol. The van der Waals surface area contributed by atoms with Crippen LogP contribution in [-0.4, -0.2) is 124 Å². The summed E-state index contributed by atoms with van der Waals surface area (Å²) in [5, 5.41) is 16.0. The lowest BCUT2D eigenvalue weighted by Gasteiger charge is -2.37. The molecule has 10 heterocycles. The summed E-state index contributed by atoms with van der Waals surface area (Å²) in [6, 6.07) is 20.7. The third kappa shape index (κ3) is 11.0. The molecule has 6 aromatic heterocycles. The highest BCUT2D eigenvalue weighted by Gasteiger charge is 2.29. The molecule has 0 amide bonds. The molecule has 19 heteroatoms. The van der Waals surface area contributed by atoms with Gasteiger partial charge < -0.3 is 45.5 Å². The van der Waals surface area contributed by atoms with Crippen molar-refractivity contribution in [2.75, 3.05) is 73.0 Å². The first kappa shape index (κ1) is 50.7. The lowest BCUT2D eigenvalue weighted by molar-refractivity contribution is 0.161. The van der Waals surface area contributed by atoms with Crippen molar-refractivity contribution in [3.63, 3.8) is 0 Å². The monoisotopic (exact) mass is 1020 g/mol. The molecule has 4 aliphatic heterocycles. The molecule has 2 fully saturated rings. The predicted octanol–water partition coefficient (Wildman–Crippen LogP) is 8.05. The van der Waals surface area contributed by atoms with Crippen LogP contribution in [0.5, 0.6) is 0 Å². The first-order valence-corrected chi connectivity index (χ1v) is 27.3. The smallest absolute Gasteiger partial charge is 0.269 e. The van der Waals surface area contributed by atoms with Gasteiger partial charge in [-0.25, -0.2) is 42.3 Å². The average molecular weight is 1020 g/mol. The van der Waals surface area contributed by atoms with Crippen LogP contribution in [0.4, 0.5) is 23.3 Å². The number of ether oxygens (including phenoxy) is 2. The summed E-state index contributed by atoms with van der Waals surface area (Å²) >= 11 is 0. The Balaban J connectivity index is 0.000000175. The summed E-state index contributed by atoms with van der Waals surface area (Å²) in [4.78, 5) is 36.3. The van der Waals surface area contributed by atoms with Crippen molar-refractivity contribution in [3.8, 4) is 0 Å². The van der Waals surface area contributed by atoms with E-state index in [1.54, 1.807) is 36.8 Å². The van der Waals surface area contributed by atoms with Gasteiger partial charge in [0.15, 0.2) is 5.65 Å². The van der Waals surface area contributed by atoms with Crippen LogP contribution >= 0.6 is 0 Å². The Kier molecular flexibility index (Phi) is 15.1. The van der Waals surface area contributed by atoms with Crippen molar-refractivity contribution in [1.82, 2.24) is 49.5 Å². The highest BCUT2D eigenvalue weighted by atomic mass is 32.2. The maximum absolute atomic E-state index is 13.9. The van der Waals surface area contributed by atoms with Gasteiger partial charge in [0, 0.05) is 73.9 Å². The Morgan fingerprint density at radius 2 is 1.16 bits per heavy atom. The molecule has 0 spiro atoms. The first-order chi connectivity index (χ1) is 35.8. The van der Waals surface area contributed by atoms with Gasteiger partial charge in [-0.3, -0.25) is 0 Å². The summed E-state index contributed by atoms with van der Waals surface area (Å²) < 4.78 is 40.0. The Labute approximate surface area is 433 Å². The molecule has 1 aromatic carbocycles. The lowest BCUT2D eigenvalue weighted by Crippen LogP contribution is -2.54. The van der Waals surface area contributed by atoms with E-state index in [0.29, 0.717) is 67.3 Å². The lowest BCUT2D eigenvalue weighted by atomic mass is 10.0. The standard InChI is InChI=1S/C31H37N7O3S.C24H31N7O/c1-20-8-10-25(11-9-20)42(39,40)38-18-26(24-12-14-41-15-13-24)29-30(32-19-33-31(29)38)35-23(4)27-6-5-7-28(36-27)37-16-21(2)34-22(3)17-37;1-15-12-31(13-16(2)28-15)21-6-4-5-20(30-21)17(3)29-24-22-19(18-7-9-32-10-8-18)11-25-23(22)26-14-27-24/h5-12,18-19,21-23,34H,13-17H2,1-4H3,(H,32,33,35);4-7,11,14-17,28H,8-10,12-13H2,1-3H3,(H2,25,26,27,29)/t21-,22+,23-;15-,16+,17-/m00/s1. The largest absolute Gasteiger partial charge is 0.377 e. The second-order valence-electron chi connectivity index (χ2n) is 20.2. The van der Waals surface area contributed by atoms with Crippen molar-refractivity contribution < 1.29 is 17.9 Å². The fourth-order valence-electron chi connectivity index (χ4n) is 10.6. The quantitative estimate of drug-likeness (QED) is 0.0785. The number of hydrogen-bond donors (Lipinski definition) is 5. The zero-order valence-corrected chi connectivity index (χ0v) is 44.2. The summed E-state index contributed by atoms with van der Waals surface area (Å²) in [7, 11) is -3.91. The van der Waals surface area contributed by atoms with E-state index < -0.39 is 10.0 Å². The number of aryl methyl sites for hydroxylation is 1. The number of hydrogen-bond acceptors (Lipinski definition) is 16. The minimum absolute atomic E-state index is 0.00256. The van der Waals surface area contributed by atoms with E-state index in [2.05, 4.69) is 121 Å². The van der Waals surface area contributed by atoms with Gasteiger partial charge in [0.25, 0.3) is 10.0 Å². The molecule has 0 bridgehead atoms. The number of nitrogens with one attached hydrogen (secondary N) is 5. The van der Waals surface area contributed by atoms with Crippen LogP contribution in [0.15, 0.2) is 103 Å². The topological polar surface area (TPSA) is 205 Å². The molecule has 6 atom stereocenters. The van der Waals surface area contributed by atoms with Gasteiger partial charge in [0.05, 0.1) is 65.6 Å². The van der Waals surface area contributed by atoms with E-state index >= 15 is 0 Å². The molecular formula is C55H68N14O4S. The van der Waals surface area contributed by atoms with Crippen molar-refractivity contribution in [1.29, 1.82) is 0 Å². The number of pyridine rings is 2. The Bertz CT molecular complexity index is 3260. The molecule has 4 aliphatic rings. The first-order valence-electron chi connectivity index (χ1n) is 25.8. The number of aromatic amines is 1. The van der Waals surface area contributed by atoms with Gasteiger partial charge >= 0.3 is 0 Å². The summed E-state index contributed by atoms with van der Waals surface area (Å²) in [5.41, 5.74) is 8.23.